The number of nitrogens with zero attached hydrogens (tertiary/aromatic N) is 2. The molecule has 1 aromatic carbocycles. The molecular weight excluding hydrogens is 270 g/mol. The molecule has 21 heavy (non-hydrogen) atoms. The number of carboxylic acids is 1. The molecule has 6 heteroatoms. The van der Waals surface area contributed by atoms with Gasteiger partial charge in [0.05, 0.1) is 5.69 Å². The van der Waals surface area contributed by atoms with Crippen LogP contribution in [0.25, 0.3) is 11.3 Å². The third-order valence-electron chi connectivity index (χ3n) is 2.87. The molecule has 0 aliphatic rings. The minimum atomic E-state index is -1.14. The van der Waals surface area contributed by atoms with Gasteiger partial charge in [0.1, 0.15) is 6.42 Å². The molecule has 0 bridgehead atoms. The number of carboxylic acid groups (broad SMARTS) is 1. The second-order valence-electron chi connectivity index (χ2n) is 4.54. The molecule has 6 nitrogen and oxygen atoms in total. The lowest BCUT2D eigenvalue weighted by Crippen LogP contribution is -2.07. The number of Topliss-reactive ketones (excluding diaryl/α,β-unsaturated/α-hetero) is 1. The molecule has 0 radical (unpaired) electrons. The number of aromatic nitrogens is 2. The van der Waals surface area contributed by atoms with E-state index in [0.29, 0.717) is 17.2 Å². The highest BCUT2D eigenvalue weighted by Gasteiger charge is 2.12. The maximum absolute atomic E-state index is 11.8. The summed E-state index contributed by atoms with van der Waals surface area (Å²) >= 11 is 0. The molecular formula is C15H15N3O3. The van der Waals surface area contributed by atoms with Crippen molar-refractivity contribution in [1.29, 1.82) is 0 Å². The summed E-state index contributed by atoms with van der Waals surface area (Å²) in [5, 5.41) is 11.6. The molecule has 1 heterocycles. The van der Waals surface area contributed by atoms with Crippen LogP contribution in [0.1, 0.15) is 22.5 Å². The predicted molar refractivity (Wildman–Crippen MR) is 78.3 cm³/mol. The SMILES string of the molecule is CNc1nc(C)cc(-c2cccc(C(=O)CC(=O)O)c2)n1. The first-order valence-corrected chi connectivity index (χ1v) is 6.38. The van der Waals surface area contributed by atoms with Crippen LogP contribution in [0, 0.1) is 6.92 Å². The molecule has 0 atom stereocenters. The van der Waals surface area contributed by atoms with Gasteiger partial charge in [0.25, 0.3) is 0 Å². The van der Waals surface area contributed by atoms with E-state index in [9.17, 15) is 9.59 Å². The van der Waals surface area contributed by atoms with Crippen molar-refractivity contribution in [2.24, 2.45) is 0 Å². The Labute approximate surface area is 121 Å². The zero-order valence-corrected chi connectivity index (χ0v) is 11.8. The van der Waals surface area contributed by atoms with E-state index in [4.69, 9.17) is 5.11 Å². The molecule has 1 aromatic heterocycles. The summed E-state index contributed by atoms with van der Waals surface area (Å²) in [5.74, 6) is -1.07. The van der Waals surface area contributed by atoms with Crippen LogP contribution in [0.5, 0.6) is 0 Å². The van der Waals surface area contributed by atoms with E-state index in [1.54, 1.807) is 25.2 Å². The minimum absolute atomic E-state index is 0.358. The number of hydrogen-bond donors (Lipinski definition) is 2. The minimum Gasteiger partial charge on any atom is -0.481 e. The van der Waals surface area contributed by atoms with Crippen LogP contribution < -0.4 is 5.32 Å². The fourth-order valence-electron chi connectivity index (χ4n) is 1.92. The fourth-order valence-corrected chi connectivity index (χ4v) is 1.92. The average Bonchev–Trinajstić information content (AvgIpc) is 2.46. The number of ketones is 1. The van der Waals surface area contributed by atoms with Crippen LogP contribution in [0.4, 0.5) is 5.95 Å². The Bertz CT molecular complexity index is 698. The first kappa shape index (κ1) is 14.6. The lowest BCUT2D eigenvalue weighted by molar-refractivity contribution is -0.135. The molecule has 2 aromatic rings. The van der Waals surface area contributed by atoms with Crippen molar-refractivity contribution in [3.05, 3.63) is 41.6 Å². The fraction of sp³-hybridized carbons (Fsp3) is 0.200. The number of nitrogens with one attached hydrogen (secondary N) is 1. The van der Waals surface area contributed by atoms with Gasteiger partial charge in [-0.2, -0.15) is 0 Å². The molecule has 0 spiro atoms. The van der Waals surface area contributed by atoms with E-state index in [1.165, 1.54) is 0 Å². The van der Waals surface area contributed by atoms with Crippen LogP contribution in [0.2, 0.25) is 0 Å². The van der Waals surface area contributed by atoms with Gasteiger partial charge < -0.3 is 10.4 Å². The second-order valence-corrected chi connectivity index (χ2v) is 4.54. The van der Waals surface area contributed by atoms with Gasteiger partial charge in [-0.05, 0) is 19.1 Å². The zero-order valence-electron chi connectivity index (χ0n) is 11.8. The zero-order chi connectivity index (χ0) is 15.4. The molecule has 0 amide bonds. The topological polar surface area (TPSA) is 92.2 Å². The number of benzene rings is 1. The highest BCUT2D eigenvalue weighted by atomic mass is 16.4. The van der Waals surface area contributed by atoms with Crippen molar-refractivity contribution < 1.29 is 14.7 Å². The molecule has 0 unspecified atom stereocenters. The molecule has 2 N–H and O–H groups in total. The summed E-state index contributed by atoms with van der Waals surface area (Å²) in [5.41, 5.74) is 2.58. The van der Waals surface area contributed by atoms with Crippen molar-refractivity contribution in [3.8, 4) is 11.3 Å². The maximum Gasteiger partial charge on any atom is 0.311 e. The summed E-state index contributed by atoms with van der Waals surface area (Å²) < 4.78 is 0. The van der Waals surface area contributed by atoms with E-state index < -0.39 is 18.2 Å². The van der Waals surface area contributed by atoms with Gasteiger partial charge >= 0.3 is 5.97 Å². The first-order chi connectivity index (χ1) is 9.99. The van der Waals surface area contributed by atoms with Crippen molar-refractivity contribution in [3.63, 3.8) is 0 Å². The number of aliphatic carboxylic acids is 1. The summed E-state index contributed by atoms with van der Waals surface area (Å²) in [6, 6.07) is 8.58. The number of aryl methyl sites for hydroxylation is 1. The molecule has 0 saturated heterocycles. The maximum atomic E-state index is 11.8. The Morgan fingerprint density at radius 3 is 2.67 bits per heavy atom. The van der Waals surface area contributed by atoms with Gasteiger partial charge in [-0.15, -0.1) is 0 Å². The third kappa shape index (κ3) is 3.62. The largest absolute Gasteiger partial charge is 0.481 e. The molecule has 0 aliphatic heterocycles. The van der Waals surface area contributed by atoms with Crippen molar-refractivity contribution in [2.45, 2.75) is 13.3 Å². The normalized spacial score (nSPS) is 10.2. The average molecular weight is 285 g/mol. The van der Waals surface area contributed by atoms with Gasteiger partial charge in [0, 0.05) is 23.9 Å². The van der Waals surface area contributed by atoms with Crippen LogP contribution in [0.15, 0.2) is 30.3 Å². The Kier molecular flexibility index (Phi) is 4.27. The molecule has 2 rings (SSSR count). The van der Waals surface area contributed by atoms with Crippen LogP contribution in [-0.4, -0.2) is 33.9 Å². The van der Waals surface area contributed by atoms with E-state index in [-0.39, 0.29) is 0 Å². The summed E-state index contributed by atoms with van der Waals surface area (Å²) in [7, 11) is 1.73. The molecule has 0 aliphatic carbocycles. The van der Waals surface area contributed by atoms with Crippen molar-refractivity contribution >= 4 is 17.7 Å². The number of carbonyl (C=O) groups excluding carboxylic acids is 1. The number of rotatable bonds is 5. The van der Waals surface area contributed by atoms with E-state index in [2.05, 4.69) is 15.3 Å². The molecule has 0 fully saturated rings. The number of anilines is 1. The Hall–Kier alpha value is -2.76. The van der Waals surface area contributed by atoms with Gasteiger partial charge in [0.15, 0.2) is 5.78 Å². The smallest absolute Gasteiger partial charge is 0.311 e. The van der Waals surface area contributed by atoms with Gasteiger partial charge in [-0.1, -0.05) is 18.2 Å². The highest BCUT2D eigenvalue weighted by Crippen LogP contribution is 2.21. The summed E-state index contributed by atoms with van der Waals surface area (Å²) in [6.07, 6.45) is -0.520. The summed E-state index contributed by atoms with van der Waals surface area (Å²) in [6.45, 7) is 1.85. The first-order valence-electron chi connectivity index (χ1n) is 6.38. The van der Waals surface area contributed by atoms with Gasteiger partial charge in [-0.3, -0.25) is 9.59 Å². The van der Waals surface area contributed by atoms with Gasteiger partial charge in [0.2, 0.25) is 5.95 Å². The number of carbonyl (C=O) groups is 2. The third-order valence-corrected chi connectivity index (χ3v) is 2.87. The quantitative estimate of drug-likeness (QED) is 0.646. The second kappa shape index (κ2) is 6.13. The van der Waals surface area contributed by atoms with E-state index in [0.717, 1.165) is 11.3 Å². The van der Waals surface area contributed by atoms with Crippen LogP contribution >= 0.6 is 0 Å². The number of hydrogen-bond acceptors (Lipinski definition) is 5. The van der Waals surface area contributed by atoms with Crippen molar-refractivity contribution in [1.82, 2.24) is 9.97 Å². The Morgan fingerprint density at radius 1 is 1.24 bits per heavy atom. The Morgan fingerprint density at radius 2 is 2.00 bits per heavy atom. The Balaban J connectivity index is 2.39. The predicted octanol–water partition coefficient (Wildman–Crippen LogP) is 2.15. The monoisotopic (exact) mass is 285 g/mol. The van der Waals surface area contributed by atoms with E-state index in [1.807, 2.05) is 19.1 Å². The lowest BCUT2D eigenvalue weighted by atomic mass is 10.0. The van der Waals surface area contributed by atoms with Crippen LogP contribution in [0.3, 0.4) is 0 Å². The highest BCUT2D eigenvalue weighted by molar-refractivity contribution is 6.06. The molecule has 108 valence electrons. The van der Waals surface area contributed by atoms with Crippen molar-refractivity contribution in [2.75, 3.05) is 12.4 Å². The standard InChI is InChI=1S/C15H15N3O3/c1-9-6-12(18-15(16-2)17-9)10-4-3-5-11(7-10)13(19)8-14(20)21/h3-7H,8H2,1-2H3,(H,20,21)(H,16,17,18). The lowest BCUT2D eigenvalue weighted by Gasteiger charge is -2.07. The summed E-state index contributed by atoms with van der Waals surface area (Å²) in [4.78, 5) is 31.0. The van der Waals surface area contributed by atoms with Crippen LogP contribution in [-0.2, 0) is 4.79 Å². The van der Waals surface area contributed by atoms with Gasteiger partial charge in [-0.25, -0.2) is 9.97 Å². The van der Waals surface area contributed by atoms with E-state index >= 15 is 0 Å². The molecule has 0 saturated carbocycles.